The van der Waals surface area contributed by atoms with Crippen molar-refractivity contribution in [2.24, 2.45) is 11.8 Å². The summed E-state index contributed by atoms with van der Waals surface area (Å²) in [6, 6.07) is 1.21. The fourth-order valence-electron chi connectivity index (χ4n) is 3.37. The molecule has 1 saturated carbocycles. The van der Waals surface area contributed by atoms with Crippen molar-refractivity contribution < 1.29 is 5.11 Å². The molecule has 1 saturated heterocycles. The molecule has 4 unspecified atom stereocenters. The summed E-state index contributed by atoms with van der Waals surface area (Å²) in [7, 11) is 0. The van der Waals surface area contributed by atoms with Crippen molar-refractivity contribution in [3.63, 3.8) is 0 Å². The van der Waals surface area contributed by atoms with Gasteiger partial charge in [0.1, 0.15) is 0 Å². The molecular formula is C16H32N2O. The Morgan fingerprint density at radius 2 is 1.95 bits per heavy atom. The summed E-state index contributed by atoms with van der Waals surface area (Å²) < 4.78 is 0. The van der Waals surface area contributed by atoms with Crippen LogP contribution in [0.3, 0.4) is 0 Å². The fourth-order valence-corrected chi connectivity index (χ4v) is 3.37. The van der Waals surface area contributed by atoms with Gasteiger partial charge in [0.2, 0.25) is 0 Å². The van der Waals surface area contributed by atoms with Gasteiger partial charge >= 0.3 is 0 Å². The molecule has 0 spiro atoms. The number of nitrogens with zero attached hydrogens (tertiary/aromatic N) is 1. The summed E-state index contributed by atoms with van der Waals surface area (Å²) in [5.74, 6) is 1.66. The Morgan fingerprint density at radius 1 is 1.26 bits per heavy atom. The Kier molecular flexibility index (Phi) is 4.91. The first-order chi connectivity index (χ1) is 8.93. The highest BCUT2D eigenvalue weighted by molar-refractivity contribution is 4.95. The highest BCUT2D eigenvalue weighted by Gasteiger charge is 2.35. The minimum Gasteiger partial charge on any atom is -0.394 e. The van der Waals surface area contributed by atoms with Gasteiger partial charge in [0, 0.05) is 24.2 Å². The van der Waals surface area contributed by atoms with Crippen LogP contribution in [0.4, 0.5) is 0 Å². The average molecular weight is 268 g/mol. The first-order valence-electron chi connectivity index (χ1n) is 8.06. The first kappa shape index (κ1) is 15.3. The van der Waals surface area contributed by atoms with E-state index in [9.17, 15) is 5.11 Å². The molecule has 2 rings (SSSR count). The average Bonchev–Trinajstić information content (AvgIpc) is 3.16. The Balaban J connectivity index is 1.86. The van der Waals surface area contributed by atoms with Gasteiger partial charge in [-0.05, 0) is 57.9 Å². The molecule has 1 aliphatic heterocycles. The van der Waals surface area contributed by atoms with Crippen LogP contribution in [0, 0.1) is 11.8 Å². The molecule has 2 aliphatic rings. The summed E-state index contributed by atoms with van der Waals surface area (Å²) in [5.41, 5.74) is -0.104. The number of hydrogen-bond acceptors (Lipinski definition) is 3. The lowest BCUT2D eigenvalue weighted by Crippen LogP contribution is -2.53. The number of aliphatic hydroxyl groups excluding tert-OH is 1. The van der Waals surface area contributed by atoms with E-state index in [0.29, 0.717) is 12.1 Å². The van der Waals surface area contributed by atoms with Crippen molar-refractivity contribution in [2.45, 2.75) is 71.0 Å². The van der Waals surface area contributed by atoms with Gasteiger partial charge in [0.25, 0.3) is 0 Å². The molecule has 1 heterocycles. The third kappa shape index (κ3) is 4.17. The summed E-state index contributed by atoms with van der Waals surface area (Å²) in [4.78, 5) is 2.62. The Morgan fingerprint density at radius 3 is 2.47 bits per heavy atom. The molecule has 0 amide bonds. The highest BCUT2D eigenvalue weighted by Crippen LogP contribution is 2.28. The van der Waals surface area contributed by atoms with Gasteiger partial charge in [0.15, 0.2) is 0 Å². The van der Waals surface area contributed by atoms with Crippen molar-refractivity contribution in [2.75, 3.05) is 19.7 Å². The fraction of sp³-hybridized carbons (Fsp3) is 1.00. The van der Waals surface area contributed by atoms with Crippen molar-refractivity contribution in [1.29, 1.82) is 0 Å². The van der Waals surface area contributed by atoms with Crippen molar-refractivity contribution in [3.8, 4) is 0 Å². The first-order valence-corrected chi connectivity index (χ1v) is 8.06. The van der Waals surface area contributed by atoms with Gasteiger partial charge in [0.05, 0.1) is 6.61 Å². The molecule has 0 aromatic rings. The van der Waals surface area contributed by atoms with E-state index in [2.05, 4.69) is 37.9 Å². The quantitative estimate of drug-likeness (QED) is 0.775. The Hall–Kier alpha value is -0.120. The lowest BCUT2D eigenvalue weighted by atomic mass is 9.86. The van der Waals surface area contributed by atoms with Gasteiger partial charge in [-0.1, -0.05) is 13.8 Å². The number of nitrogens with one attached hydrogen (secondary N) is 1. The largest absolute Gasteiger partial charge is 0.394 e. The molecule has 0 bridgehead atoms. The third-order valence-electron chi connectivity index (χ3n) is 5.21. The van der Waals surface area contributed by atoms with Gasteiger partial charge in [-0.2, -0.15) is 0 Å². The van der Waals surface area contributed by atoms with E-state index in [-0.39, 0.29) is 12.1 Å². The van der Waals surface area contributed by atoms with Crippen LogP contribution in [0.1, 0.15) is 53.4 Å². The van der Waals surface area contributed by atoms with Gasteiger partial charge in [-0.25, -0.2) is 0 Å². The lowest BCUT2D eigenvalue weighted by Gasteiger charge is -2.42. The van der Waals surface area contributed by atoms with Crippen LogP contribution in [0.15, 0.2) is 0 Å². The van der Waals surface area contributed by atoms with Crippen LogP contribution in [0.25, 0.3) is 0 Å². The monoisotopic (exact) mass is 268 g/mol. The molecule has 3 heteroatoms. The molecule has 0 radical (unpaired) electrons. The van der Waals surface area contributed by atoms with Gasteiger partial charge in [-0.15, -0.1) is 0 Å². The maximum absolute atomic E-state index is 9.72. The maximum atomic E-state index is 9.72. The maximum Gasteiger partial charge on any atom is 0.0611 e. The number of rotatable bonds is 6. The molecule has 112 valence electrons. The molecule has 2 fully saturated rings. The van der Waals surface area contributed by atoms with E-state index in [1.807, 2.05) is 0 Å². The molecule has 2 N–H and O–H groups in total. The van der Waals surface area contributed by atoms with Crippen LogP contribution in [0.2, 0.25) is 0 Å². The van der Waals surface area contributed by atoms with Crippen LogP contribution >= 0.6 is 0 Å². The predicted octanol–water partition coefficient (Wildman–Crippen LogP) is 2.25. The normalized spacial score (nSPS) is 33.9. The van der Waals surface area contributed by atoms with E-state index in [1.54, 1.807) is 0 Å². The number of likely N-dealkylation sites (tertiary alicyclic amines) is 1. The van der Waals surface area contributed by atoms with Crippen LogP contribution in [-0.2, 0) is 0 Å². The lowest BCUT2D eigenvalue weighted by molar-refractivity contribution is 0.0686. The molecule has 0 aromatic heterocycles. The zero-order valence-corrected chi connectivity index (χ0v) is 13.2. The minimum atomic E-state index is -0.104. The smallest absolute Gasteiger partial charge is 0.0611 e. The summed E-state index contributed by atoms with van der Waals surface area (Å²) >= 11 is 0. The highest BCUT2D eigenvalue weighted by atomic mass is 16.3. The molecule has 19 heavy (non-hydrogen) atoms. The van der Waals surface area contributed by atoms with Crippen LogP contribution in [0.5, 0.6) is 0 Å². The number of hydrogen-bond donors (Lipinski definition) is 2. The van der Waals surface area contributed by atoms with Crippen molar-refractivity contribution in [1.82, 2.24) is 10.2 Å². The second-order valence-electron chi connectivity index (χ2n) is 7.43. The zero-order chi connectivity index (χ0) is 14.0. The molecule has 3 nitrogen and oxygen atoms in total. The number of aliphatic hydroxyl groups is 1. The van der Waals surface area contributed by atoms with E-state index < -0.39 is 0 Å². The van der Waals surface area contributed by atoms with E-state index in [4.69, 9.17) is 0 Å². The zero-order valence-electron chi connectivity index (χ0n) is 13.2. The second kappa shape index (κ2) is 6.11. The third-order valence-corrected chi connectivity index (χ3v) is 5.21. The van der Waals surface area contributed by atoms with Crippen LogP contribution < -0.4 is 5.32 Å². The number of piperidine rings is 1. The summed E-state index contributed by atoms with van der Waals surface area (Å²) in [6.45, 7) is 11.9. The topological polar surface area (TPSA) is 35.5 Å². The second-order valence-corrected chi connectivity index (χ2v) is 7.43. The van der Waals surface area contributed by atoms with Crippen LogP contribution in [-0.4, -0.2) is 47.3 Å². The molecular weight excluding hydrogens is 236 g/mol. The van der Waals surface area contributed by atoms with E-state index in [0.717, 1.165) is 18.3 Å². The molecule has 0 aromatic carbocycles. The van der Waals surface area contributed by atoms with E-state index >= 15 is 0 Å². The Labute approximate surface area is 118 Å². The molecule has 4 atom stereocenters. The standard InChI is InChI=1S/C16H32N2O/c1-12-7-8-18(10-13(12)2)14(3)9-16(4,11-19)17-15-5-6-15/h12-15,17,19H,5-11H2,1-4H3. The SMILES string of the molecule is CC1CCN(C(C)CC(C)(CO)NC2CC2)CC1C. The molecule has 1 aliphatic carbocycles. The van der Waals surface area contributed by atoms with Crippen molar-refractivity contribution >= 4 is 0 Å². The minimum absolute atomic E-state index is 0.104. The van der Waals surface area contributed by atoms with Gasteiger partial charge < -0.3 is 15.3 Å². The Bertz CT molecular complexity index is 292. The van der Waals surface area contributed by atoms with E-state index in [1.165, 1.54) is 32.4 Å². The summed E-state index contributed by atoms with van der Waals surface area (Å²) in [5, 5.41) is 13.4. The van der Waals surface area contributed by atoms with Crippen molar-refractivity contribution in [3.05, 3.63) is 0 Å². The predicted molar refractivity (Wildman–Crippen MR) is 80.2 cm³/mol. The van der Waals surface area contributed by atoms with Gasteiger partial charge in [-0.3, -0.25) is 0 Å². The summed E-state index contributed by atoms with van der Waals surface area (Å²) in [6.07, 6.45) is 4.92.